The Balaban J connectivity index is 2.03. The van der Waals surface area contributed by atoms with Gasteiger partial charge in [-0.1, -0.05) is 51.2 Å². The van der Waals surface area contributed by atoms with E-state index in [1.807, 2.05) is 6.08 Å². The Kier molecular flexibility index (Phi) is 10.7. The zero-order valence-electron chi connectivity index (χ0n) is 13.7. The van der Waals surface area contributed by atoms with E-state index in [9.17, 15) is 10.2 Å². The molecule has 1 fully saturated rings. The molecule has 1 aliphatic heterocycles. The first-order chi connectivity index (χ1) is 10.7. The molecule has 0 spiro atoms. The monoisotopic (exact) mass is 316 g/mol. The Morgan fingerprint density at radius 2 is 1.91 bits per heavy atom. The van der Waals surface area contributed by atoms with Gasteiger partial charge >= 0.3 is 0 Å². The van der Waals surface area contributed by atoms with E-state index in [4.69, 9.17) is 14.6 Å². The first-order valence-corrected chi connectivity index (χ1v) is 8.55. The molecule has 0 unspecified atom stereocenters. The summed E-state index contributed by atoms with van der Waals surface area (Å²) in [6.07, 6.45) is 9.74. The summed E-state index contributed by atoms with van der Waals surface area (Å²) in [6.45, 7) is 2.48. The van der Waals surface area contributed by atoms with Crippen LogP contribution in [0.3, 0.4) is 0 Å². The van der Waals surface area contributed by atoms with E-state index in [1.165, 1.54) is 38.5 Å². The minimum absolute atomic E-state index is 0.244. The van der Waals surface area contributed by atoms with Gasteiger partial charge in [0.2, 0.25) is 0 Å². The summed E-state index contributed by atoms with van der Waals surface area (Å²) in [6, 6.07) is 0. The number of hydrogen-bond donors (Lipinski definition) is 3. The maximum absolute atomic E-state index is 9.95. The van der Waals surface area contributed by atoms with Crippen molar-refractivity contribution in [3.05, 3.63) is 12.2 Å². The number of aliphatic hydroxyl groups is 3. The van der Waals surface area contributed by atoms with Crippen LogP contribution in [0.15, 0.2) is 12.2 Å². The fourth-order valence-corrected chi connectivity index (χ4v) is 2.61. The number of ether oxygens (including phenoxy) is 2. The molecule has 0 amide bonds. The minimum atomic E-state index is -1.06. The smallest absolute Gasteiger partial charge is 0.114 e. The second kappa shape index (κ2) is 12.0. The number of unbranched alkanes of at least 4 members (excludes halogenated alkanes) is 6. The van der Waals surface area contributed by atoms with Crippen molar-refractivity contribution in [2.24, 2.45) is 0 Å². The molecule has 0 aromatic heterocycles. The molecular weight excluding hydrogens is 284 g/mol. The zero-order chi connectivity index (χ0) is 16.2. The topological polar surface area (TPSA) is 79.2 Å². The molecule has 1 rings (SSSR count). The van der Waals surface area contributed by atoms with Crippen LogP contribution in [0.25, 0.3) is 0 Å². The molecule has 1 heterocycles. The lowest BCUT2D eigenvalue weighted by Crippen LogP contribution is -2.41. The van der Waals surface area contributed by atoms with E-state index in [0.29, 0.717) is 6.61 Å². The van der Waals surface area contributed by atoms with Crippen molar-refractivity contribution >= 4 is 0 Å². The Morgan fingerprint density at radius 1 is 1.18 bits per heavy atom. The predicted molar refractivity (Wildman–Crippen MR) is 85.7 cm³/mol. The molecule has 3 N–H and O–H groups in total. The molecule has 4 atom stereocenters. The number of allylic oxidation sites excluding steroid dienone is 1. The summed E-state index contributed by atoms with van der Waals surface area (Å²) in [5, 5.41) is 28.3. The van der Waals surface area contributed by atoms with Crippen molar-refractivity contribution in [1.82, 2.24) is 0 Å². The van der Waals surface area contributed by atoms with Crippen LogP contribution in [-0.4, -0.2) is 59.6 Å². The molecule has 5 nitrogen and oxygen atoms in total. The van der Waals surface area contributed by atoms with Gasteiger partial charge in [-0.25, -0.2) is 0 Å². The van der Waals surface area contributed by atoms with Gasteiger partial charge in [0.25, 0.3) is 0 Å². The van der Waals surface area contributed by atoms with Crippen LogP contribution in [0.1, 0.15) is 51.9 Å². The van der Waals surface area contributed by atoms with Crippen LogP contribution in [0.4, 0.5) is 0 Å². The van der Waals surface area contributed by atoms with E-state index in [1.54, 1.807) is 0 Å². The fraction of sp³-hybridized carbons (Fsp3) is 0.882. The van der Waals surface area contributed by atoms with Crippen molar-refractivity contribution in [3.63, 3.8) is 0 Å². The normalized spacial score (nSPS) is 26.8. The lowest BCUT2D eigenvalue weighted by atomic mass is 10.1. The second-order valence-electron chi connectivity index (χ2n) is 5.94. The highest BCUT2D eigenvalue weighted by molar-refractivity contribution is 4.90. The van der Waals surface area contributed by atoms with Crippen LogP contribution < -0.4 is 0 Å². The molecule has 0 radical (unpaired) electrons. The van der Waals surface area contributed by atoms with Crippen molar-refractivity contribution in [3.8, 4) is 0 Å². The molecule has 0 bridgehead atoms. The molecule has 0 saturated carbocycles. The quantitative estimate of drug-likeness (QED) is 0.378. The third-order valence-electron chi connectivity index (χ3n) is 4.03. The van der Waals surface area contributed by atoms with Crippen LogP contribution in [-0.2, 0) is 9.47 Å². The van der Waals surface area contributed by atoms with Crippen molar-refractivity contribution < 1.29 is 24.8 Å². The van der Waals surface area contributed by atoms with Gasteiger partial charge in [-0.05, 0) is 12.8 Å². The maximum Gasteiger partial charge on any atom is 0.114 e. The molecular formula is C17H32O5. The van der Waals surface area contributed by atoms with Crippen molar-refractivity contribution in [1.29, 1.82) is 0 Å². The van der Waals surface area contributed by atoms with Gasteiger partial charge in [0, 0.05) is 0 Å². The molecule has 1 saturated heterocycles. The van der Waals surface area contributed by atoms with Gasteiger partial charge in [0.05, 0.1) is 19.8 Å². The molecule has 5 heteroatoms. The van der Waals surface area contributed by atoms with Gasteiger partial charge in [0.1, 0.15) is 24.4 Å². The molecule has 1 aliphatic rings. The van der Waals surface area contributed by atoms with Crippen LogP contribution in [0.2, 0.25) is 0 Å². The van der Waals surface area contributed by atoms with Gasteiger partial charge in [0.15, 0.2) is 0 Å². The first kappa shape index (κ1) is 19.6. The Morgan fingerprint density at radius 3 is 2.64 bits per heavy atom. The van der Waals surface area contributed by atoms with Gasteiger partial charge < -0.3 is 24.8 Å². The highest BCUT2D eigenvalue weighted by Crippen LogP contribution is 2.20. The van der Waals surface area contributed by atoms with E-state index in [0.717, 1.165) is 6.42 Å². The molecule has 0 aromatic carbocycles. The Bertz CT molecular complexity index is 295. The lowest BCUT2D eigenvalue weighted by Gasteiger charge is -2.20. The summed E-state index contributed by atoms with van der Waals surface area (Å²) < 4.78 is 10.8. The van der Waals surface area contributed by atoms with E-state index in [-0.39, 0.29) is 6.61 Å². The van der Waals surface area contributed by atoms with E-state index >= 15 is 0 Å². The summed E-state index contributed by atoms with van der Waals surface area (Å²) in [7, 11) is 0. The standard InChI is InChI=1S/C17H32O5/c1-2-3-4-5-6-7-8-9-10-11-21-15-13-22-17(16(15)20)14(19)12-18/h9-10,14-20H,2-8,11-13H2,1H3/b10-9+/t14-,15+,16-,17-/m1/s1. The van der Waals surface area contributed by atoms with Crippen molar-refractivity contribution in [2.75, 3.05) is 19.8 Å². The number of hydrogen-bond acceptors (Lipinski definition) is 5. The third-order valence-corrected chi connectivity index (χ3v) is 4.03. The average Bonchev–Trinajstić information content (AvgIpc) is 2.89. The predicted octanol–water partition coefficient (Wildman–Crippen LogP) is 1.79. The molecule has 0 aliphatic carbocycles. The highest BCUT2D eigenvalue weighted by Gasteiger charge is 2.40. The zero-order valence-corrected chi connectivity index (χ0v) is 13.7. The summed E-state index contributed by atoms with van der Waals surface area (Å²) >= 11 is 0. The highest BCUT2D eigenvalue weighted by atomic mass is 16.6. The average molecular weight is 316 g/mol. The summed E-state index contributed by atoms with van der Waals surface area (Å²) in [5.74, 6) is 0. The lowest BCUT2D eigenvalue weighted by molar-refractivity contribution is -0.0716. The van der Waals surface area contributed by atoms with Crippen LogP contribution in [0, 0.1) is 0 Å². The van der Waals surface area contributed by atoms with Crippen LogP contribution >= 0.6 is 0 Å². The largest absolute Gasteiger partial charge is 0.394 e. The van der Waals surface area contributed by atoms with Crippen molar-refractivity contribution in [2.45, 2.75) is 76.3 Å². The summed E-state index contributed by atoms with van der Waals surface area (Å²) in [5.41, 5.74) is 0. The van der Waals surface area contributed by atoms with Gasteiger partial charge in [-0.3, -0.25) is 0 Å². The maximum atomic E-state index is 9.95. The second-order valence-corrected chi connectivity index (χ2v) is 5.94. The fourth-order valence-electron chi connectivity index (χ4n) is 2.61. The van der Waals surface area contributed by atoms with E-state index in [2.05, 4.69) is 13.0 Å². The summed E-state index contributed by atoms with van der Waals surface area (Å²) in [4.78, 5) is 0. The molecule has 22 heavy (non-hydrogen) atoms. The van der Waals surface area contributed by atoms with E-state index < -0.39 is 31.0 Å². The SMILES string of the molecule is CCCCCCCC/C=C/CO[C@H]1CO[C@H]([C@H](O)CO)[C@@H]1O. The minimum Gasteiger partial charge on any atom is -0.394 e. The number of aliphatic hydroxyl groups excluding tert-OH is 3. The Labute approximate surface area is 133 Å². The van der Waals surface area contributed by atoms with Gasteiger partial charge in [-0.15, -0.1) is 0 Å². The third kappa shape index (κ3) is 7.20. The molecule has 0 aromatic rings. The first-order valence-electron chi connectivity index (χ1n) is 8.55. The Hall–Kier alpha value is -0.460. The molecule has 130 valence electrons. The number of rotatable bonds is 12. The van der Waals surface area contributed by atoms with Gasteiger partial charge in [-0.2, -0.15) is 0 Å². The van der Waals surface area contributed by atoms with Crippen LogP contribution in [0.5, 0.6) is 0 Å².